The zero-order chi connectivity index (χ0) is 11.3. The van der Waals surface area contributed by atoms with Crippen molar-refractivity contribution in [1.29, 1.82) is 0 Å². The molecule has 0 unspecified atom stereocenters. The Balaban J connectivity index is 2.60. The minimum atomic E-state index is -0.232. The van der Waals surface area contributed by atoms with E-state index in [2.05, 4.69) is 20.9 Å². The summed E-state index contributed by atoms with van der Waals surface area (Å²) in [6.45, 7) is 2.00. The lowest BCUT2D eigenvalue weighted by Gasteiger charge is -2.05. The quantitative estimate of drug-likeness (QED) is 0.613. The lowest BCUT2D eigenvalue weighted by atomic mass is 10.1. The number of benzene rings is 1. The first-order valence-corrected chi connectivity index (χ1v) is 5.68. The van der Waals surface area contributed by atoms with E-state index in [9.17, 15) is 4.39 Å². The first kappa shape index (κ1) is 9.78. The normalized spacial score (nSPS) is 11.4. The number of imidazole rings is 1. The summed E-state index contributed by atoms with van der Waals surface area (Å²) in [6.07, 6.45) is 1.84. The van der Waals surface area contributed by atoms with Crippen molar-refractivity contribution < 1.29 is 4.39 Å². The second kappa shape index (κ2) is 3.28. The largest absolute Gasteiger partial charge is 0.298 e. The molecule has 0 amide bonds. The summed E-state index contributed by atoms with van der Waals surface area (Å²) in [5.74, 6) is -0.232. The van der Waals surface area contributed by atoms with Crippen LogP contribution in [0.1, 0.15) is 5.56 Å². The van der Waals surface area contributed by atoms with Gasteiger partial charge in [0.2, 0.25) is 0 Å². The molecular weight excluding hydrogens is 271 g/mol. The Bertz CT molecular complexity index is 703. The van der Waals surface area contributed by atoms with Crippen molar-refractivity contribution in [1.82, 2.24) is 9.38 Å². The van der Waals surface area contributed by atoms with Crippen LogP contribution in [0.15, 0.2) is 35.1 Å². The van der Waals surface area contributed by atoms with Crippen molar-refractivity contribution in [2.75, 3.05) is 0 Å². The van der Waals surface area contributed by atoms with E-state index in [-0.39, 0.29) is 5.82 Å². The lowest BCUT2D eigenvalue weighted by Crippen LogP contribution is -1.90. The second-order valence-electron chi connectivity index (χ2n) is 3.78. The van der Waals surface area contributed by atoms with Crippen LogP contribution in [0.5, 0.6) is 0 Å². The second-order valence-corrected chi connectivity index (χ2v) is 4.59. The summed E-state index contributed by atoms with van der Waals surface area (Å²) >= 11 is 3.33. The highest BCUT2D eigenvalue weighted by atomic mass is 79.9. The number of rotatable bonds is 0. The highest BCUT2D eigenvalue weighted by Gasteiger charge is 2.07. The minimum absolute atomic E-state index is 0.232. The van der Waals surface area contributed by atoms with Gasteiger partial charge in [0.05, 0.1) is 5.52 Å². The fraction of sp³-hybridized carbons (Fsp3) is 0.0833. The predicted octanol–water partition coefficient (Wildman–Crippen LogP) is 3.70. The molecule has 3 rings (SSSR count). The van der Waals surface area contributed by atoms with E-state index in [1.807, 2.05) is 23.6 Å². The third-order valence-electron chi connectivity index (χ3n) is 2.69. The number of aromatic nitrogens is 2. The molecule has 0 atom stereocenters. The SMILES string of the molecule is Cc1cc2nc(Br)cn2c2cc(F)ccc12. The Morgan fingerprint density at radius 1 is 1.31 bits per heavy atom. The Kier molecular flexibility index (Phi) is 2.01. The maximum absolute atomic E-state index is 13.3. The number of fused-ring (bicyclic) bond motifs is 3. The van der Waals surface area contributed by atoms with Gasteiger partial charge in [-0.3, -0.25) is 4.40 Å². The van der Waals surface area contributed by atoms with Gasteiger partial charge in [0.1, 0.15) is 16.1 Å². The van der Waals surface area contributed by atoms with Crippen LogP contribution in [0.2, 0.25) is 0 Å². The molecule has 0 saturated heterocycles. The summed E-state index contributed by atoms with van der Waals surface area (Å²) in [7, 11) is 0. The number of halogens is 2. The third kappa shape index (κ3) is 1.33. The average molecular weight is 279 g/mol. The van der Waals surface area contributed by atoms with Gasteiger partial charge >= 0.3 is 0 Å². The lowest BCUT2D eigenvalue weighted by molar-refractivity contribution is 0.629. The van der Waals surface area contributed by atoms with E-state index in [1.54, 1.807) is 6.07 Å². The molecule has 16 heavy (non-hydrogen) atoms. The summed E-state index contributed by atoms with van der Waals surface area (Å²) in [5, 5.41) is 1.04. The highest BCUT2D eigenvalue weighted by molar-refractivity contribution is 9.10. The smallest absolute Gasteiger partial charge is 0.138 e. The van der Waals surface area contributed by atoms with Gasteiger partial charge in [-0.1, -0.05) is 0 Å². The number of aryl methyl sites for hydroxylation is 1. The third-order valence-corrected chi connectivity index (χ3v) is 3.08. The van der Waals surface area contributed by atoms with Crippen LogP contribution in [-0.2, 0) is 0 Å². The molecule has 0 bridgehead atoms. The fourth-order valence-electron chi connectivity index (χ4n) is 1.97. The van der Waals surface area contributed by atoms with Crippen molar-refractivity contribution in [3.8, 4) is 0 Å². The van der Waals surface area contributed by atoms with Crippen LogP contribution in [0.3, 0.4) is 0 Å². The summed E-state index contributed by atoms with van der Waals surface area (Å²) in [5.41, 5.74) is 2.76. The van der Waals surface area contributed by atoms with Gasteiger partial charge in [0.15, 0.2) is 0 Å². The van der Waals surface area contributed by atoms with Crippen molar-refractivity contribution in [3.05, 3.63) is 46.4 Å². The first-order valence-electron chi connectivity index (χ1n) is 4.88. The number of pyridine rings is 1. The molecular formula is C12H8BrFN2. The number of nitrogens with zero attached hydrogens (tertiary/aromatic N) is 2. The Morgan fingerprint density at radius 2 is 2.12 bits per heavy atom. The molecule has 0 spiro atoms. The number of hydrogen-bond acceptors (Lipinski definition) is 1. The maximum Gasteiger partial charge on any atom is 0.138 e. The van der Waals surface area contributed by atoms with Gasteiger partial charge in [-0.2, -0.15) is 0 Å². The van der Waals surface area contributed by atoms with Crippen LogP contribution in [-0.4, -0.2) is 9.38 Å². The van der Waals surface area contributed by atoms with E-state index in [4.69, 9.17) is 0 Å². The van der Waals surface area contributed by atoms with E-state index < -0.39 is 0 Å². The van der Waals surface area contributed by atoms with Gasteiger partial charge in [-0.05, 0) is 52.7 Å². The van der Waals surface area contributed by atoms with Crippen LogP contribution in [0.4, 0.5) is 4.39 Å². The van der Waals surface area contributed by atoms with Gasteiger partial charge in [-0.15, -0.1) is 0 Å². The van der Waals surface area contributed by atoms with E-state index in [1.165, 1.54) is 12.1 Å². The fourth-order valence-corrected chi connectivity index (χ4v) is 2.35. The molecule has 3 aromatic rings. The topological polar surface area (TPSA) is 17.3 Å². The maximum atomic E-state index is 13.3. The van der Waals surface area contributed by atoms with Gasteiger partial charge < -0.3 is 0 Å². The standard InChI is InChI=1S/C12H8BrFN2/c1-7-4-12-15-11(13)6-16(12)10-5-8(14)2-3-9(7)10/h2-6H,1H3. The minimum Gasteiger partial charge on any atom is -0.298 e. The van der Waals surface area contributed by atoms with Gasteiger partial charge in [0.25, 0.3) is 0 Å². The van der Waals surface area contributed by atoms with Crippen molar-refractivity contribution in [3.63, 3.8) is 0 Å². The first-order chi connectivity index (χ1) is 7.65. The monoisotopic (exact) mass is 278 g/mol. The Hall–Kier alpha value is -1.42. The van der Waals surface area contributed by atoms with Crippen LogP contribution >= 0.6 is 15.9 Å². The molecule has 2 heterocycles. The molecule has 0 radical (unpaired) electrons. The molecule has 0 aliphatic rings. The molecule has 0 aliphatic heterocycles. The van der Waals surface area contributed by atoms with E-state index in [0.29, 0.717) is 0 Å². The number of hydrogen-bond donors (Lipinski definition) is 0. The molecule has 0 saturated carbocycles. The van der Waals surface area contributed by atoms with E-state index in [0.717, 1.165) is 26.7 Å². The molecule has 0 fully saturated rings. The highest BCUT2D eigenvalue weighted by Crippen LogP contribution is 2.23. The predicted molar refractivity (Wildman–Crippen MR) is 65.1 cm³/mol. The molecule has 2 nitrogen and oxygen atoms in total. The zero-order valence-electron chi connectivity index (χ0n) is 8.54. The summed E-state index contributed by atoms with van der Waals surface area (Å²) < 4.78 is 15.9. The molecule has 2 aromatic heterocycles. The van der Waals surface area contributed by atoms with Crippen LogP contribution in [0, 0.1) is 12.7 Å². The Morgan fingerprint density at radius 3 is 2.94 bits per heavy atom. The average Bonchev–Trinajstić information content (AvgIpc) is 2.59. The van der Waals surface area contributed by atoms with Crippen LogP contribution in [0.25, 0.3) is 16.6 Å². The molecule has 80 valence electrons. The molecule has 0 N–H and O–H groups in total. The van der Waals surface area contributed by atoms with Gasteiger partial charge in [-0.25, -0.2) is 9.37 Å². The van der Waals surface area contributed by atoms with Crippen LogP contribution < -0.4 is 0 Å². The molecule has 0 aliphatic carbocycles. The van der Waals surface area contributed by atoms with Crippen molar-refractivity contribution in [2.45, 2.75) is 6.92 Å². The van der Waals surface area contributed by atoms with Crippen molar-refractivity contribution in [2.24, 2.45) is 0 Å². The Labute approximate surface area is 99.8 Å². The van der Waals surface area contributed by atoms with E-state index >= 15 is 0 Å². The van der Waals surface area contributed by atoms with Crippen molar-refractivity contribution >= 4 is 32.5 Å². The molecule has 1 aromatic carbocycles. The zero-order valence-corrected chi connectivity index (χ0v) is 10.1. The van der Waals surface area contributed by atoms with Gasteiger partial charge in [0, 0.05) is 11.6 Å². The molecule has 4 heteroatoms. The summed E-state index contributed by atoms with van der Waals surface area (Å²) in [4.78, 5) is 4.31. The summed E-state index contributed by atoms with van der Waals surface area (Å²) in [6, 6.07) is 6.80.